The van der Waals surface area contributed by atoms with Gasteiger partial charge in [-0.1, -0.05) is 37.6 Å². The molecule has 170 valence electrons. The predicted molar refractivity (Wildman–Crippen MR) is 126 cm³/mol. The van der Waals surface area contributed by atoms with E-state index in [0.717, 1.165) is 56.8 Å². The molecule has 32 heavy (non-hydrogen) atoms. The van der Waals surface area contributed by atoms with Crippen LogP contribution in [-0.4, -0.2) is 52.8 Å². The van der Waals surface area contributed by atoms with Crippen LogP contribution in [0.3, 0.4) is 0 Å². The van der Waals surface area contributed by atoms with Gasteiger partial charge in [-0.25, -0.2) is 0 Å². The van der Waals surface area contributed by atoms with Gasteiger partial charge in [-0.3, -0.25) is 4.90 Å². The smallest absolute Gasteiger partial charge is 0.319 e. The van der Waals surface area contributed by atoms with Crippen LogP contribution in [-0.2, 0) is 17.7 Å². The van der Waals surface area contributed by atoms with Gasteiger partial charge in [0.25, 0.3) is 0 Å². The number of benzene rings is 1. The number of nitrogen functional groups attached to an aromatic ring is 1. The van der Waals surface area contributed by atoms with E-state index >= 15 is 0 Å². The highest BCUT2D eigenvalue weighted by molar-refractivity contribution is 5.90. The second-order valence-electron chi connectivity index (χ2n) is 7.79. The number of unbranched alkanes of at least 4 members (excludes halogenated alkanes) is 1. The highest BCUT2D eigenvalue weighted by Gasteiger charge is 2.18. The van der Waals surface area contributed by atoms with E-state index in [-0.39, 0.29) is 18.4 Å². The van der Waals surface area contributed by atoms with Crippen molar-refractivity contribution in [2.75, 3.05) is 38.6 Å². The summed E-state index contributed by atoms with van der Waals surface area (Å²) in [4.78, 5) is 14.3. The quantitative estimate of drug-likeness (QED) is 0.499. The fraction of sp³-hybridized carbons (Fsp3) is 0.435. The summed E-state index contributed by atoms with van der Waals surface area (Å²) in [5.74, 6) is 0.292. The number of rotatable bonds is 8. The molecule has 0 bridgehead atoms. The number of aromatic amines is 1. The standard InChI is InChI=1S/C23H28N6O2.ClH/c1-2-3-10-31-23-27-20-18(19(14-24)26-21(20)22(25)28-23)13-16-4-6-17(7-5-16)15-29-8-11-30-12-9-29;/h4-7,26H,2-3,8-13,15H2,1H3,(H2,25,27,28);1H. The van der Waals surface area contributed by atoms with Crippen LogP contribution in [0.4, 0.5) is 5.82 Å². The van der Waals surface area contributed by atoms with Crippen LogP contribution >= 0.6 is 12.4 Å². The first-order valence-corrected chi connectivity index (χ1v) is 10.8. The van der Waals surface area contributed by atoms with Crippen molar-refractivity contribution in [1.82, 2.24) is 19.9 Å². The zero-order valence-corrected chi connectivity index (χ0v) is 19.1. The summed E-state index contributed by atoms with van der Waals surface area (Å²) in [5, 5.41) is 9.64. The monoisotopic (exact) mass is 456 g/mol. The van der Waals surface area contributed by atoms with E-state index < -0.39 is 0 Å². The first kappa shape index (κ1) is 23.8. The SMILES string of the molecule is CCCCOc1nc(N)c2[nH]c(C#N)c(Cc3ccc(CN4CCOCC4)cc3)c2n1.Cl. The fourth-order valence-electron chi connectivity index (χ4n) is 3.74. The van der Waals surface area contributed by atoms with Crippen molar-refractivity contribution in [2.24, 2.45) is 0 Å². The molecule has 1 saturated heterocycles. The van der Waals surface area contributed by atoms with Crippen molar-refractivity contribution >= 4 is 29.3 Å². The number of nitrogens with two attached hydrogens (primary N) is 1. The maximum atomic E-state index is 9.64. The average Bonchev–Trinajstić information content (AvgIpc) is 3.14. The normalized spacial score (nSPS) is 14.1. The van der Waals surface area contributed by atoms with Crippen LogP contribution in [0.15, 0.2) is 24.3 Å². The number of morpholine rings is 1. The molecule has 9 heteroatoms. The Labute approximate surface area is 194 Å². The second kappa shape index (κ2) is 11.1. The minimum atomic E-state index is 0. The molecule has 3 aromatic rings. The summed E-state index contributed by atoms with van der Waals surface area (Å²) in [7, 11) is 0. The van der Waals surface area contributed by atoms with Gasteiger partial charge in [0.2, 0.25) is 0 Å². The summed E-state index contributed by atoms with van der Waals surface area (Å²) in [6.45, 7) is 7.07. The summed E-state index contributed by atoms with van der Waals surface area (Å²) >= 11 is 0. The molecule has 1 aromatic carbocycles. The maximum absolute atomic E-state index is 9.64. The molecule has 0 atom stereocenters. The van der Waals surface area contributed by atoms with E-state index in [0.29, 0.717) is 35.6 Å². The molecule has 2 aromatic heterocycles. The van der Waals surface area contributed by atoms with E-state index in [4.69, 9.17) is 15.2 Å². The molecule has 1 aliphatic rings. The molecule has 1 aliphatic heterocycles. The molecule has 8 nitrogen and oxygen atoms in total. The first-order chi connectivity index (χ1) is 15.2. The van der Waals surface area contributed by atoms with Gasteiger partial charge in [0, 0.05) is 31.6 Å². The van der Waals surface area contributed by atoms with Gasteiger partial charge in [-0.2, -0.15) is 15.2 Å². The van der Waals surface area contributed by atoms with Crippen LogP contribution in [0, 0.1) is 11.3 Å². The molecular formula is C23H29ClN6O2. The molecule has 1 fully saturated rings. The summed E-state index contributed by atoms with van der Waals surface area (Å²) in [5.41, 5.74) is 11.0. The molecule has 0 spiro atoms. The van der Waals surface area contributed by atoms with Crippen molar-refractivity contribution in [3.05, 3.63) is 46.6 Å². The number of nitrogens with one attached hydrogen (secondary N) is 1. The lowest BCUT2D eigenvalue weighted by Crippen LogP contribution is -2.35. The molecule has 0 saturated carbocycles. The fourth-order valence-corrected chi connectivity index (χ4v) is 3.74. The summed E-state index contributed by atoms with van der Waals surface area (Å²) in [6.07, 6.45) is 2.51. The van der Waals surface area contributed by atoms with E-state index in [1.807, 2.05) is 0 Å². The number of ether oxygens (including phenoxy) is 2. The van der Waals surface area contributed by atoms with Gasteiger partial charge < -0.3 is 20.2 Å². The third-order valence-corrected chi connectivity index (χ3v) is 5.51. The Kier molecular flexibility index (Phi) is 8.28. The van der Waals surface area contributed by atoms with Crippen LogP contribution in [0.5, 0.6) is 6.01 Å². The Bertz CT molecular complexity index is 1070. The van der Waals surface area contributed by atoms with Crippen LogP contribution < -0.4 is 10.5 Å². The number of anilines is 1. The number of H-pyrrole nitrogens is 1. The lowest BCUT2D eigenvalue weighted by Gasteiger charge is -2.26. The molecule has 0 aliphatic carbocycles. The first-order valence-electron chi connectivity index (χ1n) is 10.8. The molecule has 0 unspecified atom stereocenters. The zero-order chi connectivity index (χ0) is 21.6. The van der Waals surface area contributed by atoms with Crippen LogP contribution in [0.25, 0.3) is 11.0 Å². The topological polar surface area (TPSA) is 113 Å². The summed E-state index contributed by atoms with van der Waals surface area (Å²) in [6, 6.07) is 11.0. The number of halogens is 1. The Morgan fingerprint density at radius 2 is 1.91 bits per heavy atom. The zero-order valence-electron chi connectivity index (χ0n) is 18.3. The molecule has 3 N–H and O–H groups in total. The maximum Gasteiger partial charge on any atom is 0.319 e. The van der Waals surface area contributed by atoms with Gasteiger partial charge in [0.15, 0.2) is 5.82 Å². The van der Waals surface area contributed by atoms with E-state index in [1.165, 1.54) is 5.56 Å². The number of nitrogens with zero attached hydrogens (tertiary/aromatic N) is 4. The van der Waals surface area contributed by atoms with Gasteiger partial charge in [-0.05, 0) is 17.5 Å². The highest BCUT2D eigenvalue weighted by Crippen LogP contribution is 2.28. The number of fused-ring (bicyclic) bond motifs is 1. The lowest BCUT2D eigenvalue weighted by atomic mass is 10.0. The summed E-state index contributed by atoms with van der Waals surface area (Å²) < 4.78 is 11.1. The Morgan fingerprint density at radius 3 is 2.59 bits per heavy atom. The number of nitriles is 1. The number of hydrogen-bond acceptors (Lipinski definition) is 7. The van der Waals surface area contributed by atoms with Crippen molar-refractivity contribution in [1.29, 1.82) is 5.26 Å². The third kappa shape index (κ3) is 5.49. The minimum absolute atomic E-state index is 0. The van der Waals surface area contributed by atoms with E-state index in [9.17, 15) is 5.26 Å². The molecule has 0 radical (unpaired) electrons. The van der Waals surface area contributed by atoms with E-state index in [2.05, 4.69) is 57.1 Å². The molecular weight excluding hydrogens is 428 g/mol. The lowest BCUT2D eigenvalue weighted by molar-refractivity contribution is 0.0342. The Balaban J connectivity index is 0.00000289. The van der Waals surface area contributed by atoms with Gasteiger partial charge in [0.05, 0.1) is 19.8 Å². The number of hydrogen-bond donors (Lipinski definition) is 2. The van der Waals surface area contributed by atoms with Gasteiger partial charge in [-0.15, -0.1) is 12.4 Å². The van der Waals surface area contributed by atoms with Crippen molar-refractivity contribution in [3.8, 4) is 12.1 Å². The Morgan fingerprint density at radius 1 is 1.19 bits per heavy atom. The molecule has 4 rings (SSSR count). The van der Waals surface area contributed by atoms with Crippen LogP contribution in [0.2, 0.25) is 0 Å². The average molecular weight is 457 g/mol. The molecule has 3 heterocycles. The third-order valence-electron chi connectivity index (χ3n) is 5.51. The van der Waals surface area contributed by atoms with Crippen molar-refractivity contribution in [3.63, 3.8) is 0 Å². The Hall–Kier alpha value is -2.86. The van der Waals surface area contributed by atoms with Gasteiger partial charge >= 0.3 is 6.01 Å². The number of aromatic nitrogens is 3. The van der Waals surface area contributed by atoms with Crippen molar-refractivity contribution in [2.45, 2.75) is 32.7 Å². The highest BCUT2D eigenvalue weighted by atomic mass is 35.5. The molecule has 0 amide bonds. The van der Waals surface area contributed by atoms with Crippen molar-refractivity contribution < 1.29 is 9.47 Å². The van der Waals surface area contributed by atoms with Crippen LogP contribution in [0.1, 0.15) is 42.1 Å². The second-order valence-corrected chi connectivity index (χ2v) is 7.79. The van der Waals surface area contributed by atoms with Gasteiger partial charge in [0.1, 0.15) is 22.8 Å². The minimum Gasteiger partial charge on any atom is -0.463 e. The van der Waals surface area contributed by atoms with E-state index in [1.54, 1.807) is 0 Å². The largest absolute Gasteiger partial charge is 0.463 e. The predicted octanol–water partition coefficient (Wildman–Crippen LogP) is 3.44.